The number of carbonyl (C=O) groups is 2. The molecule has 1 heterocycles. The summed E-state index contributed by atoms with van der Waals surface area (Å²) in [7, 11) is 0. The van der Waals surface area contributed by atoms with Crippen LogP contribution in [-0.4, -0.2) is 35.8 Å². The third-order valence-corrected chi connectivity index (χ3v) is 3.81. The molecule has 0 spiro atoms. The number of piperidine rings is 1. The first-order valence-electron chi connectivity index (χ1n) is 7.11. The van der Waals surface area contributed by atoms with Crippen molar-refractivity contribution in [3.8, 4) is 0 Å². The van der Waals surface area contributed by atoms with Crippen molar-refractivity contribution in [3.63, 3.8) is 0 Å². The van der Waals surface area contributed by atoms with E-state index >= 15 is 0 Å². The third-order valence-electron chi connectivity index (χ3n) is 3.59. The molecule has 0 saturated carbocycles. The van der Waals surface area contributed by atoms with Gasteiger partial charge in [-0.25, -0.2) is 0 Å². The molecule has 1 aromatic rings. The fourth-order valence-corrected chi connectivity index (χ4v) is 2.86. The number of amides is 2. The molecule has 1 atom stereocenters. The van der Waals surface area contributed by atoms with Crippen LogP contribution < -0.4 is 5.32 Å². The Kier molecular flexibility index (Phi) is 5.19. The van der Waals surface area contributed by atoms with E-state index in [0.717, 1.165) is 18.6 Å². The van der Waals surface area contributed by atoms with Crippen LogP contribution in [0.25, 0.3) is 0 Å². The SMILES string of the molecule is CC(=O)NC1CCCN(C(=O)c2cc(Cl)cc(C(F)(F)F)c2)C1. The summed E-state index contributed by atoms with van der Waals surface area (Å²) in [5.41, 5.74) is -1.06. The molecule has 2 amide bonds. The lowest BCUT2D eigenvalue weighted by Crippen LogP contribution is -2.49. The molecule has 1 aliphatic heterocycles. The molecule has 0 bridgehead atoms. The van der Waals surface area contributed by atoms with Crippen LogP contribution in [0.15, 0.2) is 18.2 Å². The minimum absolute atomic E-state index is 0.103. The summed E-state index contributed by atoms with van der Waals surface area (Å²) in [5, 5.41) is 2.59. The van der Waals surface area contributed by atoms with E-state index in [-0.39, 0.29) is 29.1 Å². The van der Waals surface area contributed by atoms with Crippen LogP contribution in [-0.2, 0) is 11.0 Å². The van der Waals surface area contributed by atoms with Gasteiger partial charge in [0.25, 0.3) is 5.91 Å². The largest absolute Gasteiger partial charge is 0.416 e. The maximum atomic E-state index is 12.8. The zero-order chi connectivity index (χ0) is 17.2. The van der Waals surface area contributed by atoms with Crippen LogP contribution in [0.5, 0.6) is 0 Å². The molecule has 0 radical (unpaired) electrons. The Morgan fingerprint density at radius 1 is 1.30 bits per heavy atom. The predicted octanol–water partition coefficient (Wildman–Crippen LogP) is 3.10. The topological polar surface area (TPSA) is 49.4 Å². The number of nitrogens with one attached hydrogen (secondary N) is 1. The summed E-state index contributed by atoms with van der Waals surface area (Å²) in [5.74, 6) is -0.723. The van der Waals surface area contributed by atoms with Crippen LogP contribution in [0, 0.1) is 0 Å². The molecule has 126 valence electrons. The molecule has 8 heteroatoms. The number of hydrogen-bond acceptors (Lipinski definition) is 2. The predicted molar refractivity (Wildman–Crippen MR) is 79.2 cm³/mol. The van der Waals surface area contributed by atoms with Gasteiger partial charge in [0, 0.05) is 36.6 Å². The number of halogens is 4. The van der Waals surface area contributed by atoms with E-state index in [9.17, 15) is 22.8 Å². The molecule has 4 nitrogen and oxygen atoms in total. The van der Waals surface area contributed by atoms with Gasteiger partial charge < -0.3 is 10.2 Å². The fourth-order valence-electron chi connectivity index (χ4n) is 2.63. The highest BCUT2D eigenvalue weighted by Gasteiger charge is 2.33. The van der Waals surface area contributed by atoms with E-state index in [4.69, 9.17) is 11.6 Å². The Morgan fingerprint density at radius 2 is 2.00 bits per heavy atom. The highest BCUT2D eigenvalue weighted by molar-refractivity contribution is 6.31. The first-order chi connectivity index (χ1) is 10.7. The molecule has 0 aromatic heterocycles. The molecule has 1 aromatic carbocycles. The van der Waals surface area contributed by atoms with Crippen molar-refractivity contribution in [1.82, 2.24) is 10.2 Å². The van der Waals surface area contributed by atoms with Crippen LogP contribution in [0.4, 0.5) is 13.2 Å². The van der Waals surface area contributed by atoms with Gasteiger partial charge in [-0.2, -0.15) is 13.2 Å². The van der Waals surface area contributed by atoms with Gasteiger partial charge in [-0.1, -0.05) is 11.6 Å². The summed E-state index contributed by atoms with van der Waals surface area (Å²) in [4.78, 5) is 25.0. The van der Waals surface area contributed by atoms with Gasteiger partial charge in [-0.15, -0.1) is 0 Å². The lowest BCUT2D eigenvalue weighted by Gasteiger charge is -2.33. The quantitative estimate of drug-likeness (QED) is 0.892. The molecular formula is C15H16ClF3N2O2. The van der Waals surface area contributed by atoms with Crippen LogP contribution >= 0.6 is 11.6 Å². The van der Waals surface area contributed by atoms with Gasteiger partial charge >= 0.3 is 6.18 Å². The van der Waals surface area contributed by atoms with Crippen molar-refractivity contribution in [1.29, 1.82) is 0 Å². The Bertz CT molecular complexity index is 619. The Balaban J connectivity index is 2.19. The Labute approximate surface area is 136 Å². The number of hydrogen-bond donors (Lipinski definition) is 1. The van der Waals surface area contributed by atoms with E-state index in [1.54, 1.807) is 0 Å². The van der Waals surface area contributed by atoms with Crippen LogP contribution in [0.1, 0.15) is 35.7 Å². The minimum Gasteiger partial charge on any atom is -0.352 e. The van der Waals surface area contributed by atoms with Gasteiger partial charge in [-0.3, -0.25) is 9.59 Å². The van der Waals surface area contributed by atoms with Gasteiger partial charge in [0.1, 0.15) is 0 Å². The first-order valence-corrected chi connectivity index (χ1v) is 7.49. The average molecular weight is 349 g/mol. The normalized spacial score (nSPS) is 18.7. The zero-order valence-corrected chi connectivity index (χ0v) is 13.2. The third kappa shape index (κ3) is 4.60. The van der Waals surface area contributed by atoms with Crippen LogP contribution in [0.3, 0.4) is 0 Å². The number of nitrogens with zero attached hydrogens (tertiary/aromatic N) is 1. The second-order valence-electron chi connectivity index (χ2n) is 5.52. The zero-order valence-electron chi connectivity index (χ0n) is 12.4. The molecular weight excluding hydrogens is 333 g/mol. The van der Waals surface area contributed by atoms with Gasteiger partial charge in [0.05, 0.1) is 5.56 Å². The number of carbonyl (C=O) groups excluding carboxylic acids is 2. The first kappa shape index (κ1) is 17.6. The Morgan fingerprint density at radius 3 is 2.61 bits per heavy atom. The average Bonchev–Trinajstić information content (AvgIpc) is 2.44. The summed E-state index contributed by atoms with van der Waals surface area (Å²) in [6.45, 7) is 2.09. The second-order valence-corrected chi connectivity index (χ2v) is 5.95. The van der Waals surface area contributed by atoms with Gasteiger partial charge in [-0.05, 0) is 31.0 Å². The number of alkyl halides is 3. The van der Waals surface area contributed by atoms with Crippen molar-refractivity contribution < 1.29 is 22.8 Å². The molecule has 1 saturated heterocycles. The molecule has 1 fully saturated rings. The van der Waals surface area contributed by atoms with Crippen molar-refractivity contribution in [3.05, 3.63) is 34.3 Å². The standard InChI is InChI=1S/C15H16ClF3N2O2/c1-9(22)20-13-3-2-4-21(8-13)14(23)10-5-11(15(17,18)19)7-12(16)6-10/h5-7,13H,2-4,8H2,1H3,(H,20,22). The van der Waals surface area contributed by atoms with Gasteiger partial charge in [0.15, 0.2) is 0 Å². The number of likely N-dealkylation sites (tertiary alicyclic amines) is 1. The molecule has 23 heavy (non-hydrogen) atoms. The summed E-state index contributed by atoms with van der Waals surface area (Å²) < 4.78 is 38.5. The van der Waals surface area contributed by atoms with Gasteiger partial charge in [0.2, 0.25) is 5.91 Å². The number of benzene rings is 1. The van der Waals surface area contributed by atoms with Crippen molar-refractivity contribution in [2.24, 2.45) is 0 Å². The van der Waals surface area contributed by atoms with Crippen LogP contribution in [0.2, 0.25) is 5.02 Å². The maximum absolute atomic E-state index is 12.8. The summed E-state index contributed by atoms with van der Waals surface area (Å²) >= 11 is 5.71. The van der Waals surface area contributed by atoms with Crippen molar-refractivity contribution in [2.45, 2.75) is 32.0 Å². The van der Waals surface area contributed by atoms with E-state index < -0.39 is 17.6 Å². The second kappa shape index (κ2) is 6.78. The van der Waals surface area contributed by atoms with Crippen molar-refractivity contribution in [2.75, 3.05) is 13.1 Å². The highest BCUT2D eigenvalue weighted by Crippen LogP contribution is 2.32. The van der Waals surface area contributed by atoms with E-state index in [1.165, 1.54) is 17.9 Å². The molecule has 2 rings (SSSR count). The van der Waals surface area contributed by atoms with Crippen molar-refractivity contribution >= 4 is 23.4 Å². The van der Waals surface area contributed by atoms with E-state index in [2.05, 4.69) is 5.32 Å². The monoisotopic (exact) mass is 348 g/mol. The molecule has 1 aliphatic rings. The molecule has 0 aliphatic carbocycles. The maximum Gasteiger partial charge on any atom is 0.416 e. The number of rotatable bonds is 2. The van der Waals surface area contributed by atoms with E-state index in [0.29, 0.717) is 13.0 Å². The minimum atomic E-state index is -4.57. The molecule has 1 N–H and O–H groups in total. The van der Waals surface area contributed by atoms with E-state index in [1.807, 2.05) is 0 Å². The fraction of sp³-hybridized carbons (Fsp3) is 0.467. The lowest BCUT2D eigenvalue weighted by atomic mass is 10.0. The molecule has 1 unspecified atom stereocenters. The summed E-state index contributed by atoms with van der Waals surface area (Å²) in [6, 6.07) is 2.62. The lowest BCUT2D eigenvalue weighted by molar-refractivity contribution is -0.137. The highest BCUT2D eigenvalue weighted by atomic mass is 35.5. The summed E-state index contributed by atoms with van der Waals surface area (Å²) in [6.07, 6.45) is -3.17. The smallest absolute Gasteiger partial charge is 0.352 e. The Hall–Kier alpha value is -1.76.